The van der Waals surface area contributed by atoms with E-state index in [2.05, 4.69) is 19.2 Å². The number of fused-ring (bicyclic) bond motifs is 2. The van der Waals surface area contributed by atoms with Gasteiger partial charge in [-0.05, 0) is 41.5 Å². The molecular weight excluding hydrogens is 354 g/mol. The molecule has 1 atom stereocenters. The molecule has 5 nitrogen and oxygen atoms in total. The van der Waals surface area contributed by atoms with Crippen LogP contribution in [0.3, 0.4) is 0 Å². The first-order valence-electron chi connectivity index (χ1n) is 8.55. The highest BCUT2D eigenvalue weighted by Crippen LogP contribution is 2.36. The molecule has 0 fully saturated rings. The molecule has 2 aliphatic rings. The minimum Gasteiger partial charge on any atom is -0.480 e. The third-order valence-electron chi connectivity index (χ3n) is 4.85. The predicted molar refractivity (Wildman–Crippen MR) is 98.2 cm³/mol. The molecule has 2 aromatic rings. The van der Waals surface area contributed by atoms with Gasteiger partial charge in [0.05, 0.1) is 0 Å². The minimum atomic E-state index is -0.518. The van der Waals surface area contributed by atoms with Gasteiger partial charge in [-0.15, -0.1) is 0 Å². The Bertz CT molecular complexity index is 865. The number of hydrogen-bond acceptors (Lipinski definition) is 4. The number of rotatable bonds is 4. The van der Waals surface area contributed by atoms with E-state index in [9.17, 15) is 4.79 Å². The average molecular weight is 374 g/mol. The van der Waals surface area contributed by atoms with Crippen LogP contribution in [0.15, 0.2) is 36.4 Å². The molecule has 0 aromatic heterocycles. The number of carbonyl (C=O) groups is 1. The van der Waals surface area contributed by atoms with Crippen molar-refractivity contribution in [2.75, 3.05) is 13.3 Å². The van der Waals surface area contributed by atoms with Crippen molar-refractivity contribution in [2.45, 2.75) is 31.8 Å². The normalized spacial score (nSPS) is 17.6. The summed E-state index contributed by atoms with van der Waals surface area (Å²) in [6.45, 7) is 4.89. The molecule has 2 aliphatic heterocycles. The number of carbonyl (C=O) groups excluding carboxylic acids is 1. The Kier molecular flexibility index (Phi) is 4.19. The predicted octanol–water partition coefficient (Wildman–Crippen LogP) is 3.47. The fourth-order valence-corrected chi connectivity index (χ4v) is 3.40. The standard InChI is InChI=1S/C20H20ClNO4/c1-20(2,13-3-5-16-17(9-13)25-11-24-16)10-22-19(23)18-8-12-7-14(21)4-6-15(12)26-18/h3-7,9,18H,8,10-11H2,1-2H3,(H,22,23). The molecule has 0 aliphatic carbocycles. The maximum Gasteiger partial charge on any atom is 0.261 e. The lowest BCUT2D eigenvalue weighted by molar-refractivity contribution is -0.127. The quantitative estimate of drug-likeness (QED) is 0.891. The molecular formula is C20H20ClNO4. The maximum absolute atomic E-state index is 12.6. The molecule has 0 spiro atoms. The summed E-state index contributed by atoms with van der Waals surface area (Å²) < 4.78 is 16.5. The van der Waals surface area contributed by atoms with Gasteiger partial charge in [0.15, 0.2) is 17.6 Å². The van der Waals surface area contributed by atoms with Crippen LogP contribution in [-0.4, -0.2) is 25.3 Å². The average Bonchev–Trinajstić information content (AvgIpc) is 3.25. The van der Waals surface area contributed by atoms with Crippen LogP contribution in [0.1, 0.15) is 25.0 Å². The van der Waals surface area contributed by atoms with E-state index < -0.39 is 6.10 Å². The number of halogens is 1. The Labute approximate surface area is 157 Å². The highest BCUT2D eigenvalue weighted by Gasteiger charge is 2.31. The van der Waals surface area contributed by atoms with E-state index in [0.29, 0.717) is 18.0 Å². The zero-order chi connectivity index (χ0) is 18.3. The Morgan fingerprint density at radius 2 is 1.92 bits per heavy atom. The summed E-state index contributed by atoms with van der Waals surface area (Å²) in [6.07, 6.45) is 0.0163. The van der Waals surface area contributed by atoms with Gasteiger partial charge in [-0.2, -0.15) is 0 Å². The van der Waals surface area contributed by atoms with Crippen LogP contribution in [0.2, 0.25) is 5.02 Å². The van der Waals surface area contributed by atoms with Crippen LogP contribution in [0.25, 0.3) is 0 Å². The van der Waals surface area contributed by atoms with Crippen molar-refractivity contribution >= 4 is 17.5 Å². The molecule has 4 rings (SSSR count). The smallest absolute Gasteiger partial charge is 0.261 e. The number of nitrogens with one attached hydrogen (secondary N) is 1. The zero-order valence-electron chi connectivity index (χ0n) is 14.7. The van der Waals surface area contributed by atoms with Crippen LogP contribution < -0.4 is 19.5 Å². The summed E-state index contributed by atoms with van der Waals surface area (Å²) in [5, 5.41) is 3.66. The second-order valence-electron chi connectivity index (χ2n) is 7.23. The van der Waals surface area contributed by atoms with E-state index >= 15 is 0 Å². The lowest BCUT2D eigenvalue weighted by Crippen LogP contribution is -2.43. The number of amides is 1. The van der Waals surface area contributed by atoms with E-state index in [4.69, 9.17) is 25.8 Å². The summed E-state index contributed by atoms with van der Waals surface area (Å²) in [5.41, 5.74) is 1.78. The number of hydrogen-bond donors (Lipinski definition) is 1. The summed E-state index contributed by atoms with van der Waals surface area (Å²) in [5.74, 6) is 2.11. The fraction of sp³-hybridized carbons (Fsp3) is 0.350. The number of benzene rings is 2. The zero-order valence-corrected chi connectivity index (χ0v) is 15.4. The van der Waals surface area contributed by atoms with Crippen molar-refractivity contribution in [3.63, 3.8) is 0 Å². The van der Waals surface area contributed by atoms with Gasteiger partial charge in [0.1, 0.15) is 5.75 Å². The van der Waals surface area contributed by atoms with Gasteiger partial charge in [-0.25, -0.2) is 0 Å². The number of ether oxygens (including phenoxy) is 3. The van der Waals surface area contributed by atoms with Crippen LogP contribution in [-0.2, 0) is 16.6 Å². The van der Waals surface area contributed by atoms with Crippen molar-refractivity contribution in [1.82, 2.24) is 5.32 Å². The van der Waals surface area contributed by atoms with Crippen molar-refractivity contribution in [2.24, 2.45) is 0 Å². The molecule has 0 saturated carbocycles. The van der Waals surface area contributed by atoms with E-state index in [-0.39, 0.29) is 18.1 Å². The minimum absolute atomic E-state index is 0.119. The summed E-state index contributed by atoms with van der Waals surface area (Å²) in [7, 11) is 0. The van der Waals surface area contributed by atoms with E-state index in [1.165, 1.54) is 0 Å². The molecule has 0 saturated heterocycles. The SMILES string of the molecule is CC(C)(CNC(=O)C1Cc2cc(Cl)ccc2O1)c1ccc2c(c1)OCO2. The van der Waals surface area contributed by atoms with Gasteiger partial charge in [-0.1, -0.05) is 31.5 Å². The first-order chi connectivity index (χ1) is 12.4. The van der Waals surface area contributed by atoms with Gasteiger partial charge in [0.2, 0.25) is 6.79 Å². The summed E-state index contributed by atoms with van der Waals surface area (Å²) in [6, 6.07) is 11.3. The van der Waals surface area contributed by atoms with Gasteiger partial charge in [0, 0.05) is 23.4 Å². The molecule has 1 N–H and O–H groups in total. The van der Waals surface area contributed by atoms with Crippen molar-refractivity contribution in [3.8, 4) is 17.2 Å². The molecule has 0 radical (unpaired) electrons. The van der Waals surface area contributed by atoms with E-state index in [0.717, 1.165) is 28.4 Å². The van der Waals surface area contributed by atoms with E-state index in [1.54, 1.807) is 6.07 Å². The first kappa shape index (κ1) is 17.0. The lowest BCUT2D eigenvalue weighted by atomic mass is 9.84. The third kappa shape index (κ3) is 3.19. The molecule has 2 heterocycles. The van der Waals surface area contributed by atoms with Gasteiger partial charge in [-0.3, -0.25) is 4.79 Å². The van der Waals surface area contributed by atoms with Crippen molar-refractivity contribution in [1.29, 1.82) is 0 Å². The van der Waals surface area contributed by atoms with Crippen LogP contribution >= 0.6 is 11.6 Å². The fourth-order valence-electron chi connectivity index (χ4n) is 3.20. The highest BCUT2D eigenvalue weighted by molar-refractivity contribution is 6.30. The van der Waals surface area contributed by atoms with Crippen molar-refractivity contribution < 1.29 is 19.0 Å². The summed E-state index contributed by atoms with van der Waals surface area (Å²) >= 11 is 6.00. The summed E-state index contributed by atoms with van der Waals surface area (Å²) in [4.78, 5) is 12.6. The Morgan fingerprint density at radius 1 is 1.15 bits per heavy atom. The second kappa shape index (κ2) is 6.40. The largest absolute Gasteiger partial charge is 0.480 e. The monoisotopic (exact) mass is 373 g/mol. The highest BCUT2D eigenvalue weighted by atomic mass is 35.5. The van der Waals surface area contributed by atoms with Gasteiger partial charge >= 0.3 is 0 Å². The molecule has 1 amide bonds. The molecule has 136 valence electrons. The third-order valence-corrected chi connectivity index (χ3v) is 5.08. The Morgan fingerprint density at radius 3 is 2.77 bits per heavy atom. The molecule has 6 heteroatoms. The lowest BCUT2D eigenvalue weighted by Gasteiger charge is -2.26. The topological polar surface area (TPSA) is 56.8 Å². The van der Waals surface area contributed by atoms with Crippen LogP contribution in [0.4, 0.5) is 0 Å². The molecule has 26 heavy (non-hydrogen) atoms. The Hall–Kier alpha value is -2.40. The van der Waals surface area contributed by atoms with Crippen LogP contribution in [0, 0.1) is 0 Å². The Balaban J connectivity index is 1.40. The van der Waals surface area contributed by atoms with Crippen LogP contribution in [0.5, 0.6) is 17.2 Å². The molecule has 0 bridgehead atoms. The van der Waals surface area contributed by atoms with Gasteiger partial charge in [0.25, 0.3) is 5.91 Å². The maximum atomic E-state index is 12.6. The molecule has 2 aromatic carbocycles. The second-order valence-corrected chi connectivity index (χ2v) is 7.67. The first-order valence-corrected chi connectivity index (χ1v) is 8.93. The van der Waals surface area contributed by atoms with Gasteiger partial charge < -0.3 is 19.5 Å². The van der Waals surface area contributed by atoms with E-state index in [1.807, 2.05) is 30.3 Å². The van der Waals surface area contributed by atoms with Crippen molar-refractivity contribution in [3.05, 3.63) is 52.5 Å². The molecule has 1 unspecified atom stereocenters.